The zero-order valence-electron chi connectivity index (χ0n) is 24.1. The van der Waals surface area contributed by atoms with Crippen molar-refractivity contribution in [2.45, 2.75) is 20.0 Å². The summed E-state index contributed by atoms with van der Waals surface area (Å²) in [5.41, 5.74) is 3.81. The summed E-state index contributed by atoms with van der Waals surface area (Å²) in [6.45, 7) is 2.95. The Bertz CT molecular complexity index is 1870. The molecule has 2 heterocycles. The molecule has 13 heteroatoms. The molecular weight excluding hydrogens is 669 g/mol. The van der Waals surface area contributed by atoms with E-state index in [1.807, 2.05) is 41.8 Å². The van der Waals surface area contributed by atoms with Gasteiger partial charge in [-0.15, -0.1) is 11.3 Å². The van der Waals surface area contributed by atoms with E-state index in [1.165, 1.54) is 18.5 Å². The minimum absolute atomic E-state index is 0.130. The van der Waals surface area contributed by atoms with Crippen LogP contribution in [0.2, 0.25) is 0 Å². The minimum Gasteiger partial charge on any atom is -0.496 e. The summed E-state index contributed by atoms with van der Waals surface area (Å²) in [6.07, 6.45) is 2.18. The predicted octanol–water partition coefficient (Wildman–Crippen LogP) is 6.55. The highest BCUT2D eigenvalue weighted by molar-refractivity contribution is 9.10. The quantitative estimate of drug-likeness (QED) is 0.125. The number of hydrogen-bond acceptors (Lipinski definition) is 10. The first kappa shape index (κ1) is 31.8. The number of nitrogens with one attached hydrogen (secondary N) is 2. The Morgan fingerprint density at radius 2 is 1.91 bits per heavy atom. The SMILES string of the molecule is CCS(=O)(=O)CCNCCc1nc(-c2cc3c(Nc4ccc(OCc5cccc(F)c5)c(Br)c4)ncnc3cc2OC)cs1. The van der Waals surface area contributed by atoms with Gasteiger partial charge < -0.3 is 20.1 Å². The summed E-state index contributed by atoms with van der Waals surface area (Å²) in [7, 11) is -1.37. The van der Waals surface area contributed by atoms with Crippen LogP contribution >= 0.6 is 27.3 Å². The van der Waals surface area contributed by atoms with E-state index < -0.39 is 9.84 Å². The third-order valence-corrected chi connectivity index (χ3v) is 10.0. The van der Waals surface area contributed by atoms with Gasteiger partial charge in [-0.25, -0.2) is 27.8 Å². The molecule has 2 aromatic heterocycles. The van der Waals surface area contributed by atoms with Crippen LogP contribution in [0.5, 0.6) is 11.5 Å². The fraction of sp³-hybridized carbons (Fsp3) is 0.258. The molecule has 0 spiro atoms. The fourth-order valence-corrected chi connectivity index (χ4v) is 6.45. The predicted molar refractivity (Wildman–Crippen MR) is 176 cm³/mol. The molecule has 9 nitrogen and oxygen atoms in total. The van der Waals surface area contributed by atoms with E-state index in [9.17, 15) is 12.8 Å². The van der Waals surface area contributed by atoms with Crippen molar-refractivity contribution in [2.75, 3.05) is 37.0 Å². The Morgan fingerprint density at radius 1 is 1.05 bits per heavy atom. The summed E-state index contributed by atoms with van der Waals surface area (Å²) in [5, 5.41) is 10.3. The Hall–Kier alpha value is -3.65. The molecule has 0 fully saturated rings. The maximum Gasteiger partial charge on any atom is 0.151 e. The van der Waals surface area contributed by atoms with Crippen LogP contribution in [0.25, 0.3) is 22.2 Å². The molecule has 0 atom stereocenters. The lowest BCUT2D eigenvalue weighted by Crippen LogP contribution is -2.25. The van der Waals surface area contributed by atoms with Crippen molar-refractivity contribution in [1.29, 1.82) is 0 Å². The second-order valence-electron chi connectivity index (χ2n) is 9.84. The Kier molecular flexibility index (Phi) is 10.4. The highest BCUT2D eigenvalue weighted by atomic mass is 79.9. The summed E-state index contributed by atoms with van der Waals surface area (Å²) >= 11 is 5.12. The van der Waals surface area contributed by atoms with Crippen LogP contribution in [0.3, 0.4) is 0 Å². The standard InChI is InChI=1S/C31H31BrFN5O4S2/c1-3-44(39,40)12-11-34-10-9-30-38-27(18-43-30)23-15-24-26(16-29(23)41-2)35-19-36-31(24)37-22-7-8-28(25(32)14-22)42-17-20-5-4-6-21(33)13-20/h4-8,13-16,18-19,34H,3,9-12,17H2,1-2H3,(H,35,36,37). The number of methoxy groups -OCH3 is 1. The van der Waals surface area contributed by atoms with Crippen molar-refractivity contribution in [3.8, 4) is 22.8 Å². The molecule has 5 rings (SSSR count). The number of rotatable bonds is 14. The molecule has 0 aliphatic carbocycles. The van der Waals surface area contributed by atoms with Crippen molar-refractivity contribution in [3.63, 3.8) is 0 Å². The van der Waals surface area contributed by atoms with E-state index in [2.05, 4.69) is 36.5 Å². The molecule has 230 valence electrons. The van der Waals surface area contributed by atoms with E-state index in [4.69, 9.17) is 14.5 Å². The average Bonchev–Trinajstić information content (AvgIpc) is 3.49. The van der Waals surface area contributed by atoms with Crippen molar-refractivity contribution < 1.29 is 22.3 Å². The van der Waals surface area contributed by atoms with E-state index in [-0.39, 0.29) is 23.9 Å². The van der Waals surface area contributed by atoms with Gasteiger partial charge in [0.2, 0.25) is 0 Å². The zero-order chi connectivity index (χ0) is 31.1. The molecule has 0 radical (unpaired) electrons. The lowest BCUT2D eigenvalue weighted by Gasteiger charge is -2.13. The lowest BCUT2D eigenvalue weighted by atomic mass is 10.1. The molecule has 0 bridgehead atoms. The maximum absolute atomic E-state index is 13.5. The summed E-state index contributed by atoms with van der Waals surface area (Å²) in [4.78, 5) is 13.8. The van der Waals surface area contributed by atoms with E-state index in [0.717, 1.165) is 37.4 Å². The van der Waals surface area contributed by atoms with Gasteiger partial charge in [-0.1, -0.05) is 19.1 Å². The number of aromatic nitrogens is 3. The van der Waals surface area contributed by atoms with E-state index in [1.54, 1.807) is 31.4 Å². The van der Waals surface area contributed by atoms with Gasteiger partial charge in [0.25, 0.3) is 0 Å². The maximum atomic E-state index is 13.5. The van der Waals surface area contributed by atoms with Crippen LogP contribution in [-0.2, 0) is 22.9 Å². The largest absolute Gasteiger partial charge is 0.496 e. The molecule has 0 saturated carbocycles. The number of sulfone groups is 1. The zero-order valence-corrected chi connectivity index (χ0v) is 27.4. The van der Waals surface area contributed by atoms with Crippen LogP contribution in [0.1, 0.15) is 17.5 Å². The van der Waals surface area contributed by atoms with Gasteiger partial charge in [0.05, 0.1) is 33.6 Å². The molecule has 0 aliphatic rings. The van der Waals surface area contributed by atoms with Gasteiger partial charge in [0.1, 0.15) is 36.1 Å². The number of benzene rings is 3. The molecule has 5 aromatic rings. The monoisotopic (exact) mass is 699 g/mol. The molecule has 0 saturated heterocycles. The summed E-state index contributed by atoms with van der Waals surface area (Å²) in [6, 6.07) is 15.7. The van der Waals surface area contributed by atoms with Gasteiger partial charge in [0, 0.05) is 53.3 Å². The van der Waals surface area contributed by atoms with Crippen LogP contribution < -0.4 is 20.1 Å². The van der Waals surface area contributed by atoms with Gasteiger partial charge in [0.15, 0.2) is 9.84 Å². The molecule has 0 amide bonds. The summed E-state index contributed by atoms with van der Waals surface area (Å²) < 4.78 is 49.2. The van der Waals surface area contributed by atoms with Gasteiger partial charge >= 0.3 is 0 Å². The smallest absolute Gasteiger partial charge is 0.151 e. The van der Waals surface area contributed by atoms with E-state index >= 15 is 0 Å². The van der Waals surface area contributed by atoms with Crippen molar-refractivity contribution in [3.05, 3.63) is 87.2 Å². The highest BCUT2D eigenvalue weighted by Gasteiger charge is 2.16. The molecular formula is C31H31BrFN5O4S2. The summed E-state index contributed by atoms with van der Waals surface area (Å²) in [5.74, 6) is 1.86. The normalized spacial score (nSPS) is 11.5. The first-order valence-corrected chi connectivity index (χ1v) is 17.4. The number of fused-ring (bicyclic) bond motifs is 1. The van der Waals surface area contributed by atoms with Crippen molar-refractivity contribution in [2.24, 2.45) is 0 Å². The van der Waals surface area contributed by atoms with Crippen LogP contribution in [0, 0.1) is 5.82 Å². The van der Waals surface area contributed by atoms with Crippen molar-refractivity contribution >= 4 is 59.5 Å². The molecule has 2 N–H and O–H groups in total. The second-order valence-corrected chi connectivity index (χ2v) is 14.1. The van der Waals surface area contributed by atoms with Crippen LogP contribution in [0.15, 0.2) is 70.8 Å². The third-order valence-electron chi connectivity index (χ3n) is 6.81. The molecule has 44 heavy (non-hydrogen) atoms. The number of anilines is 2. The number of halogens is 2. The Morgan fingerprint density at radius 3 is 2.68 bits per heavy atom. The topological polar surface area (TPSA) is 115 Å². The fourth-order valence-electron chi connectivity index (χ4n) is 4.41. The van der Waals surface area contributed by atoms with Crippen LogP contribution in [0.4, 0.5) is 15.9 Å². The molecule has 0 unspecified atom stereocenters. The first-order chi connectivity index (χ1) is 21.2. The third kappa shape index (κ3) is 8.08. The molecule has 0 aliphatic heterocycles. The van der Waals surface area contributed by atoms with Gasteiger partial charge in [-0.05, 0) is 57.9 Å². The van der Waals surface area contributed by atoms with E-state index in [0.29, 0.717) is 42.3 Å². The Labute approximate surface area is 267 Å². The first-order valence-electron chi connectivity index (χ1n) is 13.9. The number of ether oxygens (including phenoxy) is 2. The second kappa shape index (κ2) is 14.4. The van der Waals surface area contributed by atoms with Gasteiger partial charge in [-0.2, -0.15) is 0 Å². The number of nitrogens with zero attached hydrogens (tertiary/aromatic N) is 3. The highest BCUT2D eigenvalue weighted by Crippen LogP contribution is 2.37. The number of thiazole rings is 1. The lowest BCUT2D eigenvalue weighted by molar-refractivity contribution is 0.303. The minimum atomic E-state index is -2.99. The number of hydrogen-bond donors (Lipinski definition) is 2. The van der Waals surface area contributed by atoms with Crippen molar-refractivity contribution in [1.82, 2.24) is 20.3 Å². The van der Waals surface area contributed by atoms with Crippen LogP contribution in [-0.4, -0.2) is 55.1 Å². The molecule has 3 aromatic carbocycles. The van der Waals surface area contributed by atoms with Gasteiger partial charge in [-0.3, -0.25) is 0 Å². The Balaban J connectivity index is 1.31. The average molecular weight is 701 g/mol.